The first-order valence-electron chi connectivity index (χ1n) is 9.12. The van der Waals surface area contributed by atoms with E-state index < -0.39 is 16.8 Å². The number of hydrogen-bond donors (Lipinski definition) is 0. The van der Waals surface area contributed by atoms with Crippen molar-refractivity contribution in [1.82, 2.24) is 14.7 Å². The molecule has 1 amide bonds. The first kappa shape index (κ1) is 22.0. The van der Waals surface area contributed by atoms with E-state index in [0.29, 0.717) is 18.9 Å². The Hall–Kier alpha value is -3.27. The van der Waals surface area contributed by atoms with Gasteiger partial charge in [-0.1, -0.05) is 13.0 Å². The summed E-state index contributed by atoms with van der Waals surface area (Å²) in [5.74, 6) is -1.30. The molecule has 0 saturated heterocycles. The summed E-state index contributed by atoms with van der Waals surface area (Å²) in [6, 6.07) is 7.47. The Morgan fingerprint density at radius 2 is 2.10 bits per heavy atom. The second kappa shape index (κ2) is 10.3. The summed E-state index contributed by atoms with van der Waals surface area (Å²) in [5.41, 5.74) is 0.545. The van der Waals surface area contributed by atoms with E-state index in [1.165, 1.54) is 34.9 Å². The molecule has 29 heavy (non-hydrogen) atoms. The Morgan fingerprint density at radius 1 is 1.34 bits per heavy atom. The quantitative estimate of drug-likeness (QED) is 0.257. The maximum atomic E-state index is 12.9. The molecule has 2 aromatic rings. The smallest absolute Gasteiger partial charge is 0.310 e. The number of aromatic nitrogens is 2. The lowest BCUT2D eigenvalue weighted by atomic mass is 10.1. The van der Waals surface area contributed by atoms with E-state index >= 15 is 0 Å². The van der Waals surface area contributed by atoms with E-state index in [-0.39, 0.29) is 30.4 Å². The minimum absolute atomic E-state index is 0.0730. The molecule has 1 atom stereocenters. The molecule has 10 nitrogen and oxygen atoms in total. The topological polar surface area (TPSA) is 117 Å². The zero-order valence-electron chi connectivity index (χ0n) is 16.6. The molecule has 0 spiro atoms. The zero-order chi connectivity index (χ0) is 21.4. The van der Waals surface area contributed by atoms with Crippen LogP contribution >= 0.6 is 0 Å². The summed E-state index contributed by atoms with van der Waals surface area (Å²) in [7, 11) is 1.30. The molecule has 0 N–H and O–H groups in total. The second-order valence-electron chi connectivity index (χ2n) is 6.29. The molecule has 0 radical (unpaired) electrons. The molecule has 0 aliphatic rings. The highest BCUT2D eigenvalue weighted by Crippen LogP contribution is 2.17. The third-order valence-corrected chi connectivity index (χ3v) is 4.21. The van der Waals surface area contributed by atoms with E-state index in [2.05, 4.69) is 5.10 Å². The zero-order valence-corrected chi connectivity index (χ0v) is 16.6. The summed E-state index contributed by atoms with van der Waals surface area (Å²) in [5, 5.41) is 15.2. The van der Waals surface area contributed by atoms with Crippen LogP contribution in [0.2, 0.25) is 0 Å². The van der Waals surface area contributed by atoms with Crippen molar-refractivity contribution in [2.75, 3.05) is 33.4 Å². The molecule has 1 aromatic heterocycles. The largest absolute Gasteiger partial charge is 0.469 e. The van der Waals surface area contributed by atoms with Gasteiger partial charge < -0.3 is 14.4 Å². The number of hydrogen-bond acceptors (Lipinski definition) is 7. The van der Waals surface area contributed by atoms with Crippen molar-refractivity contribution in [3.8, 4) is 5.69 Å². The van der Waals surface area contributed by atoms with Gasteiger partial charge in [0.05, 0.1) is 30.2 Å². The number of nitro benzene ring substituents is 1. The van der Waals surface area contributed by atoms with Gasteiger partial charge in [0, 0.05) is 38.0 Å². The fourth-order valence-electron chi connectivity index (χ4n) is 2.69. The lowest BCUT2D eigenvalue weighted by molar-refractivity contribution is -0.384. The summed E-state index contributed by atoms with van der Waals surface area (Å²) >= 11 is 0. The molecule has 1 aromatic carbocycles. The van der Waals surface area contributed by atoms with E-state index in [9.17, 15) is 19.7 Å². The average Bonchev–Trinajstić information content (AvgIpc) is 3.22. The molecule has 0 fully saturated rings. The van der Waals surface area contributed by atoms with Gasteiger partial charge in [0.25, 0.3) is 11.6 Å². The van der Waals surface area contributed by atoms with Gasteiger partial charge in [-0.2, -0.15) is 5.10 Å². The van der Waals surface area contributed by atoms with E-state index in [1.54, 1.807) is 25.3 Å². The van der Waals surface area contributed by atoms with Gasteiger partial charge in [-0.25, -0.2) is 4.68 Å². The molecule has 0 unspecified atom stereocenters. The number of non-ortho nitro benzene ring substituents is 1. The number of nitrogens with zero attached hydrogens (tertiary/aromatic N) is 4. The summed E-state index contributed by atoms with van der Waals surface area (Å²) in [6.07, 6.45) is 1.55. The lowest BCUT2D eigenvalue weighted by Crippen LogP contribution is -2.39. The monoisotopic (exact) mass is 404 g/mol. The molecule has 0 aliphatic carbocycles. The maximum absolute atomic E-state index is 12.9. The van der Waals surface area contributed by atoms with Crippen LogP contribution < -0.4 is 0 Å². The number of amides is 1. The number of carbonyl (C=O) groups excluding carboxylic acids is 2. The Balaban J connectivity index is 2.21. The molecular formula is C19H24N4O6. The number of benzene rings is 1. The van der Waals surface area contributed by atoms with Crippen LogP contribution in [0.3, 0.4) is 0 Å². The summed E-state index contributed by atoms with van der Waals surface area (Å²) < 4.78 is 11.5. The van der Waals surface area contributed by atoms with Crippen molar-refractivity contribution >= 4 is 17.6 Å². The van der Waals surface area contributed by atoms with E-state index in [1.807, 2.05) is 6.92 Å². The molecule has 156 valence electrons. The van der Waals surface area contributed by atoms with Gasteiger partial charge in [0.1, 0.15) is 0 Å². The molecule has 2 rings (SSSR count). The molecule has 1 heterocycles. The lowest BCUT2D eigenvalue weighted by Gasteiger charge is -2.24. The Kier molecular flexibility index (Phi) is 7.84. The fourth-order valence-corrected chi connectivity index (χ4v) is 2.69. The highest BCUT2D eigenvalue weighted by molar-refractivity contribution is 5.92. The minimum atomic E-state index is -0.510. The van der Waals surface area contributed by atoms with Crippen LogP contribution in [-0.2, 0) is 14.3 Å². The van der Waals surface area contributed by atoms with Crippen LogP contribution in [0.25, 0.3) is 5.69 Å². The summed E-state index contributed by atoms with van der Waals surface area (Å²) in [4.78, 5) is 36.6. The van der Waals surface area contributed by atoms with Crippen molar-refractivity contribution in [3.63, 3.8) is 0 Å². The van der Waals surface area contributed by atoms with Crippen molar-refractivity contribution in [2.45, 2.75) is 13.8 Å². The molecule has 10 heteroatoms. The van der Waals surface area contributed by atoms with Gasteiger partial charge in [-0.15, -0.1) is 0 Å². The fraction of sp³-hybridized carbons (Fsp3) is 0.421. The Morgan fingerprint density at radius 3 is 2.76 bits per heavy atom. The maximum Gasteiger partial charge on any atom is 0.310 e. The first-order valence-corrected chi connectivity index (χ1v) is 9.12. The van der Waals surface area contributed by atoms with Crippen molar-refractivity contribution in [2.24, 2.45) is 5.92 Å². The summed E-state index contributed by atoms with van der Waals surface area (Å²) in [6.45, 7) is 4.80. The SMILES string of the molecule is CCOCCN(C[C@@H](C)C(=O)OC)C(=O)c1ccn(-c2cccc([N+](=O)[O-])c2)n1. The highest BCUT2D eigenvalue weighted by Gasteiger charge is 2.24. The highest BCUT2D eigenvalue weighted by atomic mass is 16.6. The average molecular weight is 404 g/mol. The van der Waals surface area contributed by atoms with Gasteiger partial charge in [0.2, 0.25) is 0 Å². The predicted molar refractivity (Wildman–Crippen MR) is 104 cm³/mol. The number of rotatable bonds is 10. The van der Waals surface area contributed by atoms with Gasteiger partial charge in [0.15, 0.2) is 5.69 Å². The van der Waals surface area contributed by atoms with Gasteiger partial charge in [-0.3, -0.25) is 19.7 Å². The number of methoxy groups -OCH3 is 1. The number of ether oxygens (including phenoxy) is 2. The minimum Gasteiger partial charge on any atom is -0.469 e. The third-order valence-electron chi connectivity index (χ3n) is 4.21. The number of nitro groups is 1. The third kappa shape index (κ3) is 5.85. The van der Waals surface area contributed by atoms with E-state index in [4.69, 9.17) is 9.47 Å². The van der Waals surface area contributed by atoms with Gasteiger partial charge >= 0.3 is 5.97 Å². The number of carbonyl (C=O) groups is 2. The van der Waals surface area contributed by atoms with Crippen molar-refractivity contribution in [3.05, 3.63) is 52.3 Å². The Labute approximate surface area is 168 Å². The Bertz CT molecular complexity index is 866. The normalized spacial score (nSPS) is 11.7. The van der Waals surface area contributed by atoms with Gasteiger partial charge in [-0.05, 0) is 19.1 Å². The molecule has 0 saturated carbocycles. The van der Waals surface area contributed by atoms with Crippen LogP contribution in [0.4, 0.5) is 5.69 Å². The molecule has 0 bridgehead atoms. The van der Waals surface area contributed by atoms with Crippen molar-refractivity contribution in [1.29, 1.82) is 0 Å². The number of esters is 1. The second-order valence-corrected chi connectivity index (χ2v) is 6.29. The van der Waals surface area contributed by atoms with E-state index in [0.717, 1.165) is 0 Å². The van der Waals surface area contributed by atoms with Crippen LogP contribution in [0.15, 0.2) is 36.5 Å². The van der Waals surface area contributed by atoms with Crippen LogP contribution in [0, 0.1) is 16.0 Å². The van der Waals surface area contributed by atoms with Crippen LogP contribution in [0.1, 0.15) is 24.3 Å². The predicted octanol–water partition coefficient (Wildman–Crippen LogP) is 2.07. The van der Waals surface area contributed by atoms with Crippen LogP contribution in [-0.4, -0.2) is 64.9 Å². The standard InChI is InChI=1S/C19H24N4O6/c1-4-29-11-10-21(13-14(2)19(25)28-3)18(24)17-8-9-22(20-17)15-6-5-7-16(12-15)23(26)27/h5-9,12,14H,4,10-11,13H2,1-3H3/t14-/m1/s1. The van der Waals surface area contributed by atoms with Crippen molar-refractivity contribution < 1.29 is 24.0 Å². The first-order chi connectivity index (χ1) is 13.9. The molecule has 0 aliphatic heterocycles. The van der Waals surface area contributed by atoms with Crippen LogP contribution in [0.5, 0.6) is 0 Å². The molecular weight excluding hydrogens is 380 g/mol.